The molecule has 0 aliphatic heterocycles. The van der Waals surface area contributed by atoms with Crippen molar-refractivity contribution in [2.75, 3.05) is 0 Å². The zero-order valence-corrected chi connectivity index (χ0v) is 11.0. The van der Waals surface area contributed by atoms with Crippen molar-refractivity contribution in [3.63, 3.8) is 0 Å². The second kappa shape index (κ2) is 5.77. The van der Waals surface area contributed by atoms with Crippen LogP contribution < -0.4 is 0 Å². The Morgan fingerprint density at radius 2 is 1.15 bits per heavy atom. The maximum absolute atomic E-state index is 12.5. The first-order chi connectivity index (χ1) is 9.52. The van der Waals surface area contributed by atoms with Gasteiger partial charge in [0, 0.05) is 11.2 Å². The highest BCUT2D eigenvalue weighted by molar-refractivity contribution is 7.91. The summed E-state index contributed by atoms with van der Waals surface area (Å²) in [6, 6.07) is 11.7. The van der Waals surface area contributed by atoms with Gasteiger partial charge >= 0.3 is 11.9 Å². The fourth-order valence-corrected chi connectivity index (χ4v) is 3.08. The second-order valence-corrected chi connectivity index (χ2v) is 5.29. The van der Waals surface area contributed by atoms with Crippen molar-refractivity contribution in [2.45, 2.75) is 9.79 Å². The minimum atomic E-state index is -1.87. The smallest absolute Gasteiger partial charge is 0.340 e. The van der Waals surface area contributed by atoms with E-state index in [4.69, 9.17) is 10.2 Å². The van der Waals surface area contributed by atoms with Crippen LogP contribution in [-0.2, 0) is 11.2 Å². The van der Waals surface area contributed by atoms with Gasteiger partial charge in [0.2, 0.25) is 0 Å². The number of carbonyl (C=O) groups is 2. The predicted molar refractivity (Wildman–Crippen MR) is 71.5 cm³/mol. The van der Waals surface area contributed by atoms with Crippen LogP contribution in [0, 0.1) is 0 Å². The van der Waals surface area contributed by atoms with Crippen LogP contribution in [0.3, 0.4) is 0 Å². The van der Waals surface area contributed by atoms with E-state index in [-0.39, 0.29) is 20.9 Å². The molecule has 0 spiro atoms. The van der Waals surface area contributed by atoms with Crippen LogP contribution in [0.1, 0.15) is 20.7 Å². The number of aromatic carboxylic acids is 2. The van der Waals surface area contributed by atoms with Gasteiger partial charge in [-0.2, -0.15) is 0 Å². The molecule has 0 fully saturated rings. The zero-order chi connectivity index (χ0) is 14.7. The highest BCUT2D eigenvalue weighted by Gasteiger charge is 2.26. The SMILES string of the molecule is O=C(O)c1ccccc1[S+]([O-])c1ccccc1C(=O)O. The van der Waals surface area contributed by atoms with Crippen molar-refractivity contribution in [3.05, 3.63) is 59.7 Å². The highest BCUT2D eigenvalue weighted by atomic mass is 32.2. The first kappa shape index (κ1) is 14.1. The fraction of sp³-hybridized carbons (Fsp3) is 0. The molecule has 2 rings (SSSR count). The van der Waals surface area contributed by atoms with Gasteiger partial charge in [-0.15, -0.1) is 0 Å². The molecule has 0 atom stereocenters. The molecule has 2 aromatic carbocycles. The summed E-state index contributed by atoms with van der Waals surface area (Å²) in [4.78, 5) is 22.4. The van der Waals surface area contributed by atoms with E-state index in [0.717, 1.165) is 0 Å². The molecule has 0 unspecified atom stereocenters. The van der Waals surface area contributed by atoms with Gasteiger partial charge < -0.3 is 14.8 Å². The molecular formula is C14H10O5S. The summed E-state index contributed by atoms with van der Waals surface area (Å²) in [7, 11) is 0. The lowest BCUT2D eigenvalue weighted by Gasteiger charge is -2.13. The van der Waals surface area contributed by atoms with E-state index >= 15 is 0 Å². The normalized spacial score (nSPS) is 10.5. The minimum absolute atomic E-state index is 0.0775. The standard InChI is InChI=1S/C14H10O5S/c15-13(16)9-5-1-3-7-11(9)20(19)12-8-4-2-6-10(12)14(17)18/h1-8H,(H,15,16)(H,17,18). The molecule has 2 N–H and O–H groups in total. The number of hydrogen-bond donors (Lipinski definition) is 2. The third-order valence-corrected chi connectivity index (χ3v) is 4.15. The van der Waals surface area contributed by atoms with E-state index in [1.54, 1.807) is 12.1 Å². The predicted octanol–water partition coefficient (Wildman–Crippen LogP) is 2.25. The maximum Gasteiger partial charge on any atom is 0.340 e. The van der Waals surface area contributed by atoms with Crippen molar-refractivity contribution in [3.8, 4) is 0 Å². The first-order valence-electron chi connectivity index (χ1n) is 5.59. The lowest BCUT2D eigenvalue weighted by molar-refractivity contribution is 0.0683. The molecule has 0 aromatic heterocycles. The summed E-state index contributed by atoms with van der Waals surface area (Å²) in [5, 5.41) is 18.2. The number of benzene rings is 2. The maximum atomic E-state index is 12.5. The third-order valence-electron chi connectivity index (χ3n) is 2.63. The molecule has 0 amide bonds. The van der Waals surface area contributed by atoms with Gasteiger partial charge in [-0.05, 0) is 24.3 Å². The Hall–Kier alpha value is -2.31. The van der Waals surface area contributed by atoms with Gasteiger partial charge in [0.25, 0.3) is 0 Å². The van der Waals surface area contributed by atoms with E-state index in [1.165, 1.54) is 36.4 Å². The van der Waals surface area contributed by atoms with E-state index in [2.05, 4.69) is 0 Å². The Bertz CT molecular complexity index is 611. The van der Waals surface area contributed by atoms with Gasteiger partial charge in [0.15, 0.2) is 9.79 Å². The molecule has 102 valence electrons. The molecule has 0 bridgehead atoms. The molecule has 0 aliphatic rings. The summed E-state index contributed by atoms with van der Waals surface area (Å²) < 4.78 is 12.5. The van der Waals surface area contributed by atoms with Gasteiger partial charge in [0.1, 0.15) is 11.1 Å². The Balaban J connectivity index is 2.55. The third kappa shape index (κ3) is 2.66. The average Bonchev–Trinajstić information content (AvgIpc) is 2.46. The average molecular weight is 290 g/mol. The molecule has 20 heavy (non-hydrogen) atoms. The van der Waals surface area contributed by atoms with E-state index in [1.807, 2.05) is 0 Å². The van der Waals surface area contributed by atoms with Crippen LogP contribution in [-0.4, -0.2) is 26.7 Å². The van der Waals surface area contributed by atoms with Gasteiger partial charge in [-0.25, -0.2) is 9.59 Å². The van der Waals surface area contributed by atoms with Crippen LogP contribution in [0.2, 0.25) is 0 Å². The summed E-state index contributed by atoms with van der Waals surface area (Å²) in [5.74, 6) is -2.41. The van der Waals surface area contributed by atoms with E-state index < -0.39 is 23.1 Å². The Morgan fingerprint density at radius 3 is 1.50 bits per heavy atom. The molecule has 2 aromatic rings. The molecule has 0 aliphatic carbocycles. The summed E-state index contributed by atoms with van der Waals surface area (Å²) >= 11 is -1.87. The molecule has 0 radical (unpaired) electrons. The number of rotatable bonds is 4. The summed E-state index contributed by atoms with van der Waals surface area (Å²) in [6.07, 6.45) is 0. The Morgan fingerprint density at radius 1 is 0.800 bits per heavy atom. The fourth-order valence-electron chi connectivity index (χ4n) is 1.73. The highest BCUT2D eigenvalue weighted by Crippen LogP contribution is 2.26. The quantitative estimate of drug-likeness (QED) is 0.842. The molecule has 0 heterocycles. The van der Waals surface area contributed by atoms with Crippen LogP contribution in [0.15, 0.2) is 58.3 Å². The largest absolute Gasteiger partial charge is 0.606 e. The van der Waals surface area contributed by atoms with E-state index in [9.17, 15) is 14.1 Å². The van der Waals surface area contributed by atoms with Crippen molar-refractivity contribution < 1.29 is 24.4 Å². The summed E-state index contributed by atoms with van der Waals surface area (Å²) in [5.41, 5.74) is -0.211. The van der Waals surface area contributed by atoms with Crippen molar-refractivity contribution in [1.29, 1.82) is 0 Å². The van der Waals surface area contributed by atoms with Crippen molar-refractivity contribution in [2.24, 2.45) is 0 Å². The Kier molecular flexibility index (Phi) is 4.07. The first-order valence-corrected chi connectivity index (χ1v) is 6.73. The molecule has 5 nitrogen and oxygen atoms in total. The van der Waals surface area contributed by atoms with Gasteiger partial charge in [-0.1, -0.05) is 24.3 Å². The molecule has 0 saturated carbocycles. The van der Waals surface area contributed by atoms with E-state index in [0.29, 0.717) is 0 Å². The minimum Gasteiger partial charge on any atom is -0.606 e. The van der Waals surface area contributed by atoms with Crippen molar-refractivity contribution >= 4 is 23.1 Å². The molecule has 0 saturated heterocycles. The number of carboxylic acid groups (broad SMARTS) is 2. The number of carboxylic acids is 2. The van der Waals surface area contributed by atoms with Crippen LogP contribution in [0.5, 0.6) is 0 Å². The van der Waals surface area contributed by atoms with Crippen LogP contribution in [0.25, 0.3) is 0 Å². The zero-order valence-electron chi connectivity index (χ0n) is 10.1. The van der Waals surface area contributed by atoms with Crippen LogP contribution >= 0.6 is 0 Å². The van der Waals surface area contributed by atoms with Gasteiger partial charge in [0.05, 0.1) is 0 Å². The van der Waals surface area contributed by atoms with Gasteiger partial charge in [-0.3, -0.25) is 0 Å². The lowest BCUT2D eigenvalue weighted by Crippen LogP contribution is -2.13. The lowest BCUT2D eigenvalue weighted by atomic mass is 10.2. The monoisotopic (exact) mass is 290 g/mol. The summed E-state index contributed by atoms with van der Waals surface area (Å²) in [6.45, 7) is 0. The van der Waals surface area contributed by atoms with Crippen LogP contribution in [0.4, 0.5) is 0 Å². The molecule has 6 heteroatoms. The number of hydrogen-bond acceptors (Lipinski definition) is 3. The second-order valence-electron chi connectivity index (χ2n) is 3.87. The Labute approximate surface area is 117 Å². The van der Waals surface area contributed by atoms with Crippen molar-refractivity contribution in [1.82, 2.24) is 0 Å². The molecular weight excluding hydrogens is 280 g/mol. The topological polar surface area (TPSA) is 97.7 Å².